The molecule has 2 heterocycles. The smallest absolute Gasteiger partial charge is 0.264 e. The van der Waals surface area contributed by atoms with Crippen LogP contribution in [-0.2, 0) is 16.6 Å². The Balaban J connectivity index is 2.06. The highest BCUT2D eigenvalue weighted by Crippen LogP contribution is 2.30. The number of sulfonamides is 1. The summed E-state index contributed by atoms with van der Waals surface area (Å²) in [5, 5.41) is 0. The van der Waals surface area contributed by atoms with Gasteiger partial charge >= 0.3 is 0 Å². The molecule has 0 radical (unpaired) electrons. The molecule has 3 rings (SSSR count). The number of pyridine rings is 1. The van der Waals surface area contributed by atoms with Crippen LogP contribution in [0.15, 0.2) is 65.1 Å². The normalized spacial score (nSPS) is 11.4. The van der Waals surface area contributed by atoms with Crippen LogP contribution in [0.1, 0.15) is 16.0 Å². The van der Waals surface area contributed by atoms with Crippen LogP contribution in [0.3, 0.4) is 0 Å². The summed E-state index contributed by atoms with van der Waals surface area (Å²) >= 11 is 1.29. The van der Waals surface area contributed by atoms with Gasteiger partial charge in [0, 0.05) is 17.3 Å². The van der Waals surface area contributed by atoms with Gasteiger partial charge in [0.1, 0.15) is 4.21 Å². The lowest BCUT2D eigenvalue weighted by molar-refractivity contribution is 0.592. The van der Waals surface area contributed by atoms with E-state index in [1.165, 1.54) is 15.6 Å². The highest BCUT2D eigenvalue weighted by Gasteiger charge is 2.26. The molecule has 0 fully saturated rings. The first-order valence-corrected chi connectivity index (χ1v) is 9.77. The SMILES string of the molecule is Cc1ccc(N(Cc2cccnc2)S(=O)(=O)c2ccc(C)s2)cc1. The molecule has 0 bridgehead atoms. The molecule has 0 atom stereocenters. The lowest BCUT2D eigenvalue weighted by Crippen LogP contribution is -2.30. The van der Waals surface area contributed by atoms with Crippen molar-refractivity contribution in [3.63, 3.8) is 0 Å². The molecule has 0 aliphatic rings. The molecular weight excluding hydrogens is 340 g/mol. The van der Waals surface area contributed by atoms with Gasteiger partial charge in [0.25, 0.3) is 10.0 Å². The van der Waals surface area contributed by atoms with Crippen LogP contribution in [-0.4, -0.2) is 13.4 Å². The molecule has 0 aliphatic carbocycles. The Hall–Kier alpha value is -2.18. The Morgan fingerprint density at radius 3 is 2.38 bits per heavy atom. The molecule has 4 nitrogen and oxygen atoms in total. The molecule has 0 saturated heterocycles. The van der Waals surface area contributed by atoms with Gasteiger partial charge in [-0.2, -0.15) is 0 Å². The molecule has 124 valence electrons. The summed E-state index contributed by atoms with van der Waals surface area (Å²) in [6.45, 7) is 4.13. The summed E-state index contributed by atoms with van der Waals surface area (Å²) in [5.74, 6) is 0. The first kappa shape index (κ1) is 16.7. The molecule has 0 aliphatic heterocycles. The highest BCUT2D eigenvalue weighted by atomic mass is 32.2. The third-order valence-corrected chi connectivity index (χ3v) is 6.87. The first-order chi connectivity index (χ1) is 11.5. The third-order valence-electron chi connectivity index (χ3n) is 3.63. The lowest BCUT2D eigenvalue weighted by Gasteiger charge is -2.24. The zero-order valence-corrected chi connectivity index (χ0v) is 15.1. The van der Waals surface area contributed by atoms with Gasteiger partial charge in [0.15, 0.2) is 0 Å². The van der Waals surface area contributed by atoms with Crippen LogP contribution in [0.2, 0.25) is 0 Å². The molecule has 2 aromatic heterocycles. The Morgan fingerprint density at radius 2 is 1.79 bits per heavy atom. The standard InChI is InChI=1S/C18H18N2O2S2/c1-14-5-8-17(9-6-14)20(13-16-4-3-11-19-12-16)24(21,22)18-10-7-15(2)23-18/h3-12H,13H2,1-2H3. The molecule has 6 heteroatoms. The topological polar surface area (TPSA) is 50.3 Å². The fourth-order valence-electron chi connectivity index (χ4n) is 2.34. The van der Waals surface area contributed by atoms with Gasteiger partial charge in [-0.1, -0.05) is 23.8 Å². The van der Waals surface area contributed by atoms with E-state index in [1.54, 1.807) is 18.5 Å². The van der Waals surface area contributed by atoms with E-state index < -0.39 is 10.0 Å². The minimum absolute atomic E-state index is 0.246. The summed E-state index contributed by atoms with van der Waals surface area (Å²) in [6.07, 6.45) is 3.37. The number of thiophene rings is 1. The van der Waals surface area contributed by atoms with E-state index in [4.69, 9.17) is 0 Å². The molecular formula is C18H18N2O2S2. The number of aromatic nitrogens is 1. The summed E-state index contributed by atoms with van der Waals surface area (Å²) < 4.78 is 28.1. The van der Waals surface area contributed by atoms with Gasteiger partial charge in [-0.3, -0.25) is 9.29 Å². The van der Waals surface area contributed by atoms with Crippen LogP contribution >= 0.6 is 11.3 Å². The molecule has 0 saturated carbocycles. The van der Waals surface area contributed by atoms with Crippen molar-refractivity contribution in [1.29, 1.82) is 0 Å². The minimum Gasteiger partial charge on any atom is -0.264 e. The van der Waals surface area contributed by atoms with Crippen LogP contribution in [0.5, 0.6) is 0 Å². The van der Waals surface area contributed by atoms with Crippen molar-refractivity contribution in [2.75, 3.05) is 4.31 Å². The second-order valence-electron chi connectivity index (χ2n) is 5.57. The zero-order valence-electron chi connectivity index (χ0n) is 13.5. The molecule has 24 heavy (non-hydrogen) atoms. The summed E-state index contributed by atoms with van der Waals surface area (Å²) in [6, 6.07) is 14.7. The third kappa shape index (κ3) is 3.49. The van der Waals surface area contributed by atoms with Crippen molar-refractivity contribution in [1.82, 2.24) is 4.98 Å². The maximum atomic E-state index is 13.2. The van der Waals surface area contributed by atoms with Crippen molar-refractivity contribution in [2.24, 2.45) is 0 Å². The van der Waals surface area contributed by atoms with Crippen molar-refractivity contribution in [3.05, 3.63) is 76.9 Å². The highest BCUT2D eigenvalue weighted by molar-refractivity contribution is 7.94. The predicted molar refractivity (Wildman–Crippen MR) is 97.8 cm³/mol. The summed E-state index contributed by atoms with van der Waals surface area (Å²) in [4.78, 5) is 5.06. The van der Waals surface area contributed by atoms with Gasteiger partial charge < -0.3 is 0 Å². The maximum Gasteiger partial charge on any atom is 0.274 e. The van der Waals surface area contributed by atoms with Gasteiger partial charge in [0.05, 0.1) is 12.2 Å². The lowest BCUT2D eigenvalue weighted by atomic mass is 10.2. The fourth-order valence-corrected chi connectivity index (χ4v) is 5.19. The molecule has 1 aromatic carbocycles. The number of hydrogen-bond acceptors (Lipinski definition) is 4. The van der Waals surface area contributed by atoms with Crippen LogP contribution in [0.25, 0.3) is 0 Å². The van der Waals surface area contributed by atoms with E-state index in [1.807, 2.05) is 56.3 Å². The van der Waals surface area contributed by atoms with Crippen molar-refractivity contribution in [2.45, 2.75) is 24.6 Å². The number of aryl methyl sites for hydroxylation is 2. The second-order valence-corrected chi connectivity index (χ2v) is 8.95. The summed E-state index contributed by atoms with van der Waals surface area (Å²) in [5.41, 5.74) is 2.58. The maximum absolute atomic E-state index is 13.2. The quantitative estimate of drug-likeness (QED) is 0.688. The Labute approximate surface area is 146 Å². The van der Waals surface area contributed by atoms with E-state index in [0.29, 0.717) is 9.90 Å². The Morgan fingerprint density at radius 1 is 1.04 bits per heavy atom. The Bertz CT molecular complexity index is 917. The molecule has 0 amide bonds. The second kappa shape index (κ2) is 6.75. The van der Waals surface area contributed by atoms with Gasteiger partial charge in [0.2, 0.25) is 0 Å². The largest absolute Gasteiger partial charge is 0.274 e. The number of rotatable bonds is 5. The zero-order chi connectivity index (χ0) is 17.2. The van der Waals surface area contributed by atoms with Crippen molar-refractivity contribution < 1.29 is 8.42 Å². The molecule has 0 unspecified atom stereocenters. The van der Waals surface area contributed by atoms with E-state index in [9.17, 15) is 8.42 Å². The van der Waals surface area contributed by atoms with Crippen LogP contribution < -0.4 is 4.31 Å². The van der Waals surface area contributed by atoms with Crippen LogP contribution in [0, 0.1) is 13.8 Å². The minimum atomic E-state index is -3.62. The molecule has 3 aromatic rings. The average Bonchev–Trinajstić information content (AvgIpc) is 3.02. The molecule has 0 spiro atoms. The Kier molecular flexibility index (Phi) is 4.69. The van der Waals surface area contributed by atoms with Crippen molar-refractivity contribution in [3.8, 4) is 0 Å². The molecule has 0 N–H and O–H groups in total. The monoisotopic (exact) mass is 358 g/mol. The van der Waals surface area contributed by atoms with Crippen LogP contribution in [0.4, 0.5) is 5.69 Å². The number of benzene rings is 1. The number of hydrogen-bond donors (Lipinski definition) is 0. The van der Waals surface area contributed by atoms with Gasteiger partial charge in [-0.05, 0) is 49.7 Å². The van der Waals surface area contributed by atoms with E-state index in [0.717, 1.165) is 16.0 Å². The van der Waals surface area contributed by atoms with E-state index in [2.05, 4.69) is 4.98 Å². The average molecular weight is 358 g/mol. The van der Waals surface area contributed by atoms with Gasteiger partial charge in [-0.25, -0.2) is 8.42 Å². The summed E-state index contributed by atoms with van der Waals surface area (Å²) in [7, 11) is -3.62. The fraction of sp³-hybridized carbons (Fsp3) is 0.167. The van der Waals surface area contributed by atoms with E-state index >= 15 is 0 Å². The van der Waals surface area contributed by atoms with Crippen molar-refractivity contribution >= 4 is 27.0 Å². The predicted octanol–water partition coefficient (Wildman–Crippen LogP) is 4.16. The number of nitrogens with zero attached hydrogens (tertiary/aromatic N) is 2. The number of anilines is 1. The van der Waals surface area contributed by atoms with E-state index in [-0.39, 0.29) is 6.54 Å². The van der Waals surface area contributed by atoms with Gasteiger partial charge in [-0.15, -0.1) is 11.3 Å². The first-order valence-electron chi connectivity index (χ1n) is 7.51.